The summed E-state index contributed by atoms with van der Waals surface area (Å²) in [4.78, 5) is 37.4. The molecule has 7 nitrogen and oxygen atoms in total. The summed E-state index contributed by atoms with van der Waals surface area (Å²) >= 11 is 1.45. The molecule has 0 amide bonds. The maximum absolute atomic E-state index is 11.9. The molecular weight excluding hydrogens is 332 g/mol. The van der Waals surface area contributed by atoms with E-state index < -0.39 is 23.4 Å². The summed E-state index contributed by atoms with van der Waals surface area (Å²) in [6.07, 6.45) is 0.976. The van der Waals surface area contributed by atoms with Crippen LogP contribution in [0.1, 0.15) is 22.1 Å². The zero-order chi connectivity index (χ0) is 17.1. The van der Waals surface area contributed by atoms with Gasteiger partial charge < -0.3 is 9.47 Å². The Hall–Kier alpha value is -2.32. The number of ether oxygens (including phenoxy) is 2. The van der Waals surface area contributed by atoms with E-state index in [0.717, 1.165) is 0 Å². The van der Waals surface area contributed by atoms with Crippen molar-refractivity contribution < 1.29 is 14.3 Å². The van der Waals surface area contributed by atoms with Gasteiger partial charge in [-0.2, -0.15) is 0 Å². The summed E-state index contributed by atoms with van der Waals surface area (Å²) in [5, 5.41) is 0. The predicted octanol–water partition coefficient (Wildman–Crippen LogP) is 1.29. The molecule has 0 aliphatic carbocycles. The molecule has 24 heavy (non-hydrogen) atoms. The summed E-state index contributed by atoms with van der Waals surface area (Å²) in [6, 6.07) is 8.70. The minimum atomic E-state index is -0.516. The maximum atomic E-state index is 11.9. The fraction of sp³-hybridized carbons (Fsp3) is 0.312. The molecule has 2 heterocycles. The number of hydrogen-bond acceptors (Lipinski definition) is 6. The monoisotopic (exact) mass is 348 g/mol. The van der Waals surface area contributed by atoms with Gasteiger partial charge in [-0.25, -0.2) is 9.59 Å². The molecule has 0 unspecified atom stereocenters. The number of benzene rings is 1. The number of hydrogen-bond donors (Lipinski definition) is 1. The van der Waals surface area contributed by atoms with E-state index in [1.165, 1.54) is 22.5 Å². The second-order valence-corrected chi connectivity index (χ2v) is 6.49. The van der Waals surface area contributed by atoms with Crippen molar-refractivity contribution in [3.63, 3.8) is 0 Å². The van der Waals surface area contributed by atoms with Gasteiger partial charge in [-0.05, 0) is 19.1 Å². The highest BCUT2D eigenvalue weighted by atomic mass is 32.2. The zero-order valence-corrected chi connectivity index (χ0v) is 13.7. The number of thioether (sulfide) groups is 1. The number of esters is 1. The van der Waals surface area contributed by atoms with Gasteiger partial charge in [0.05, 0.1) is 5.56 Å². The van der Waals surface area contributed by atoms with Crippen LogP contribution in [0.15, 0.2) is 46.1 Å². The quantitative estimate of drug-likeness (QED) is 0.838. The predicted molar refractivity (Wildman–Crippen MR) is 89.2 cm³/mol. The van der Waals surface area contributed by atoms with E-state index in [1.54, 1.807) is 31.2 Å². The minimum absolute atomic E-state index is 0.0893. The number of carbonyl (C=O) groups is 1. The molecule has 0 saturated carbocycles. The molecular formula is C16H16N2O5S. The van der Waals surface area contributed by atoms with Gasteiger partial charge in [-0.3, -0.25) is 14.3 Å². The third-order valence-electron chi connectivity index (χ3n) is 3.55. The normalized spacial score (nSPS) is 20.0. The van der Waals surface area contributed by atoms with Gasteiger partial charge in [0, 0.05) is 17.5 Å². The number of aromatic amines is 1. The molecule has 3 rings (SSSR count). The third kappa shape index (κ3) is 3.60. The molecule has 1 aromatic heterocycles. The summed E-state index contributed by atoms with van der Waals surface area (Å²) < 4.78 is 12.3. The minimum Gasteiger partial charge on any atom is -0.458 e. The van der Waals surface area contributed by atoms with Gasteiger partial charge in [-0.15, -0.1) is 11.8 Å². The molecule has 0 bridgehead atoms. The van der Waals surface area contributed by atoms with Crippen LogP contribution in [0, 0.1) is 6.92 Å². The Bertz CT molecular complexity index is 846. The fourth-order valence-corrected chi connectivity index (χ4v) is 3.27. The van der Waals surface area contributed by atoms with E-state index in [1.807, 2.05) is 6.07 Å². The molecule has 126 valence electrons. The molecule has 8 heteroatoms. The van der Waals surface area contributed by atoms with Crippen molar-refractivity contribution in [2.45, 2.75) is 18.6 Å². The molecule has 0 spiro atoms. The van der Waals surface area contributed by atoms with E-state index in [0.29, 0.717) is 16.9 Å². The second kappa shape index (κ2) is 7.06. The Morgan fingerprint density at radius 3 is 2.88 bits per heavy atom. The Morgan fingerprint density at radius 2 is 2.12 bits per heavy atom. The van der Waals surface area contributed by atoms with Crippen molar-refractivity contribution in [2.24, 2.45) is 0 Å². The number of aromatic nitrogens is 2. The number of H-pyrrole nitrogens is 1. The fourth-order valence-electron chi connectivity index (χ4n) is 2.28. The lowest BCUT2D eigenvalue weighted by Gasteiger charge is -2.15. The summed E-state index contributed by atoms with van der Waals surface area (Å²) in [5.74, 6) is 0.110. The highest BCUT2D eigenvalue weighted by molar-refractivity contribution is 8.00. The van der Waals surface area contributed by atoms with Crippen molar-refractivity contribution in [3.8, 4) is 0 Å². The van der Waals surface area contributed by atoms with Crippen LogP contribution in [0.2, 0.25) is 0 Å². The Morgan fingerprint density at radius 1 is 1.38 bits per heavy atom. The van der Waals surface area contributed by atoms with Gasteiger partial charge in [-0.1, -0.05) is 18.2 Å². The first-order valence-electron chi connectivity index (χ1n) is 7.36. The van der Waals surface area contributed by atoms with Crippen LogP contribution in [0.3, 0.4) is 0 Å². The maximum Gasteiger partial charge on any atom is 0.338 e. The van der Waals surface area contributed by atoms with E-state index >= 15 is 0 Å². The van der Waals surface area contributed by atoms with Crippen molar-refractivity contribution in [1.82, 2.24) is 9.55 Å². The van der Waals surface area contributed by atoms with Gasteiger partial charge in [0.1, 0.15) is 18.3 Å². The molecule has 1 aromatic carbocycles. The zero-order valence-electron chi connectivity index (χ0n) is 12.9. The van der Waals surface area contributed by atoms with Crippen molar-refractivity contribution in [1.29, 1.82) is 0 Å². The van der Waals surface area contributed by atoms with Crippen LogP contribution in [-0.2, 0) is 9.47 Å². The lowest BCUT2D eigenvalue weighted by Crippen LogP contribution is -2.34. The highest BCUT2D eigenvalue weighted by Crippen LogP contribution is 2.31. The van der Waals surface area contributed by atoms with Gasteiger partial charge >= 0.3 is 11.7 Å². The molecule has 2 aromatic rings. The van der Waals surface area contributed by atoms with E-state index in [-0.39, 0.29) is 12.0 Å². The number of aryl methyl sites for hydroxylation is 1. The lowest BCUT2D eigenvalue weighted by atomic mass is 10.2. The molecule has 1 aliphatic heterocycles. The summed E-state index contributed by atoms with van der Waals surface area (Å²) in [7, 11) is 0. The van der Waals surface area contributed by atoms with Crippen LogP contribution in [0.4, 0.5) is 0 Å². The highest BCUT2D eigenvalue weighted by Gasteiger charge is 2.29. The Labute approximate surface area is 141 Å². The lowest BCUT2D eigenvalue weighted by molar-refractivity contribution is -0.0179. The summed E-state index contributed by atoms with van der Waals surface area (Å²) in [5.41, 5.74) is -0.373. The second-order valence-electron chi connectivity index (χ2n) is 5.30. The van der Waals surface area contributed by atoms with Crippen LogP contribution < -0.4 is 11.2 Å². The van der Waals surface area contributed by atoms with E-state index in [9.17, 15) is 14.4 Å². The third-order valence-corrected chi connectivity index (χ3v) is 4.65. The molecule has 2 atom stereocenters. The molecule has 1 fully saturated rings. The SMILES string of the molecule is Cc1cn([C@H]2CS[C@H](COC(=O)c3ccccc3)O2)c(=O)[nH]c1=O. The largest absolute Gasteiger partial charge is 0.458 e. The smallest absolute Gasteiger partial charge is 0.338 e. The van der Waals surface area contributed by atoms with Crippen molar-refractivity contribution >= 4 is 17.7 Å². The van der Waals surface area contributed by atoms with Crippen LogP contribution in [0.5, 0.6) is 0 Å². The van der Waals surface area contributed by atoms with Gasteiger partial charge in [0.15, 0.2) is 0 Å². The summed E-state index contributed by atoms with van der Waals surface area (Å²) in [6.45, 7) is 1.71. The van der Waals surface area contributed by atoms with Crippen LogP contribution in [-0.4, -0.2) is 33.3 Å². The average Bonchev–Trinajstić information content (AvgIpc) is 3.05. The number of carbonyl (C=O) groups excluding carboxylic acids is 1. The molecule has 1 aliphatic rings. The first kappa shape index (κ1) is 16.5. The standard InChI is InChI=1S/C16H16N2O5S/c1-10-7-18(16(21)17-14(10)19)12-9-24-13(23-12)8-22-15(20)11-5-3-2-4-6-11/h2-7,12-13H,8-9H2,1H3,(H,17,19,21)/t12-,13-/m1/s1. The topological polar surface area (TPSA) is 90.4 Å². The van der Waals surface area contributed by atoms with Crippen molar-refractivity contribution in [3.05, 3.63) is 68.5 Å². The first-order chi connectivity index (χ1) is 11.5. The van der Waals surface area contributed by atoms with Crippen LogP contribution in [0.25, 0.3) is 0 Å². The van der Waals surface area contributed by atoms with Gasteiger partial charge in [0.2, 0.25) is 0 Å². The number of rotatable bonds is 4. The first-order valence-corrected chi connectivity index (χ1v) is 8.41. The molecule has 0 radical (unpaired) electrons. The molecule has 1 saturated heterocycles. The van der Waals surface area contributed by atoms with Gasteiger partial charge in [0.25, 0.3) is 5.56 Å². The number of nitrogens with one attached hydrogen (secondary N) is 1. The number of nitrogens with zero attached hydrogens (tertiary/aromatic N) is 1. The van der Waals surface area contributed by atoms with E-state index in [4.69, 9.17) is 9.47 Å². The van der Waals surface area contributed by atoms with Crippen molar-refractivity contribution in [2.75, 3.05) is 12.4 Å². The Balaban J connectivity index is 1.60. The van der Waals surface area contributed by atoms with E-state index in [2.05, 4.69) is 4.98 Å². The molecule has 1 N–H and O–H groups in total. The van der Waals surface area contributed by atoms with Crippen LogP contribution >= 0.6 is 11.8 Å². The Kier molecular flexibility index (Phi) is 4.86. The average molecular weight is 348 g/mol.